The largest absolute Gasteiger partial charge is 0.342 e. The van der Waals surface area contributed by atoms with Crippen molar-refractivity contribution >= 4 is 17.7 Å². The number of aromatic nitrogens is 3. The molecule has 2 aromatic rings. The molecule has 2 fully saturated rings. The van der Waals surface area contributed by atoms with Gasteiger partial charge in [-0.1, -0.05) is 36.9 Å². The molecule has 1 aliphatic heterocycles. The van der Waals surface area contributed by atoms with Gasteiger partial charge >= 0.3 is 0 Å². The Morgan fingerprint density at radius 2 is 2.04 bits per heavy atom. The average Bonchev–Trinajstić information content (AvgIpc) is 3.40. The number of amides is 1. The van der Waals surface area contributed by atoms with Crippen LogP contribution in [0.2, 0.25) is 0 Å². The zero-order valence-corrected chi connectivity index (χ0v) is 15.4. The second-order valence-corrected chi connectivity index (χ2v) is 8.09. The average molecular weight is 356 g/mol. The SMILES string of the molecule is C[C@@H]1CCCN(C(=O)CSc2nc(C3CC3)n(-c3ccccc3)n2)C1. The quantitative estimate of drug-likeness (QED) is 0.770. The molecule has 4 rings (SSSR count). The fourth-order valence-electron chi connectivity index (χ4n) is 3.36. The Balaban J connectivity index is 1.45. The first kappa shape index (κ1) is 16.6. The smallest absolute Gasteiger partial charge is 0.233 e. The molecule has 1 aliphatic carbocycles. The van der Waals surface area contributed by atoms with E-state index in [9.17, 15) is 4.79 Å². The summed E-state index contributed by atoms with van der Waals surface area (Å²) in [6, 6.07) is 10.1. The zero-order valence-electron chi connectivity index (χ0n) is 14.6. The number of para-hydroxylation sites is 1. The molecule has 1 atom stereocenters. The van der Waals surface area contributed by atoms with E-state index in [4.69, 9.17) is 4.98 Å². The molecule has 1 amide bonds. The van der Waals surface area contributed by atoms with Crippen molar-refractivity contribution in [2.75, 3.05) is 18.8 Å². The van der Waals surface area contributed by atoms with Crippen LogP contribution in [0.15, 0.2) is 35.5 Å². The van der Waals surface area contributed by atoms with E-state index in [2.05, 4.69) is 24.2 Å². The third kappa shape index (κ3) is 3.89. The summed E-state index contributed by atoms with van der Waals surface area (Å²) in [6.45, 7) is 4.00. The van der Waals surface area contributed by atoms with Crippen LogP contribution < -0.4 is 0 Å². The van der Waals surface area contributed by atoms with E-state index in [1.54, 1.807) is 0 Å². The number of hydrogen-bond acceptors (Lipinski definition) is 4. The Hall–Kier alpha value is -1.82. The molecule has 0 radical (unpaired) electrons. The predicted molar refractivity (Wildman–Crippen MR) is 99.0 cm³/mol. The van der Waals surface area contributed by atoms with Gasteiger partial charge in [0.05, 0.1) is 11.4 Å². The summed E-state index contributed by atoms with van der Waals surface area (Å²) >= 11 is 1.46. The summed E-state index contributed by atoms with van der Waals surface area (Å²) in [5.41, 5.74) is 1.04. The van der Waals surface area contributed by atoms with Gasteiger partial charge in [0.1, 0.15) is 5.82 Å². The molecule has 1 aromatic carbocycles. The summed E-state index contributed by atoms with van der Waals surface area (Å²) in [6.07, 6.45) is 4.70. The minimum atomic E-state index is 0.209. The standard InChI is InChI=1S/C19H24N4OS/c1-14-6-5-11-22(12-14)17(24)13-25-19-20-18(15-9-10-15)23(21-19)16-7-3-2-4-8-16/h2-4,7-8,14-15H,5-6,9-13H2,1H3/t14-/m1/s1. The van der Waals surface area contributed by atoms with Crippen LogP contribution in [0.1, 0.15) is 44.3 Å². The molecule has 1 aromatic heterocycles. The van der Waals surface area contributed by atoms with Crippen LogP contribution in [0.25, 0.3) is 5.69 Å². The molecule has 0 spiro atoms. The van der Waals surface area contributed by atoms with E-state index >= 15 is 0 Å². The number of likely N-dealkylation sites (tertiary alicyclic amines) is 1. The van der Waals surface area contributed by atoms with Crippen LogP contribution in [0.3, 0.4) is 0 Å². The molecule has 25 heavy (non-hydrogen) atoms. The van der Waals surface area contributed by atoms with Gasteiger partial charge in [-0.05, 0) is 43.7 Å². The van der Waals surface area contributed by atoms with Crippen molar-refractivity contribution in [3.8, 4) is 5.69 Å². The Labute approximate surface area is 152 Å². The molecule has 0 unspecified atom stereocenters. The monoisotopic (exact) mass is 356 g/mol. The highest BCUT2D eigenvalue weighted by atomic mass is 32.2. The van der Waals surface area contributed by atoms with Gasteiger partial charge in [0.2, 0.25) is 11.1 Å². The summed E-state index contributed by atoms with van der Waals surface area (Å²) < 4.78 is 1.95. The van der Waals surface area contributed by atoms with Crippen LogP contribution in [0.5, 0.6) is 0 Å². The number of carbonyl (C=O) groups excluding carboxylic acids is 1. The molecule has 2 heterocycles. The number of nitrogens with zero attached hydrogens (tertiary/aromatic N) is 4. The van der Waals surface area contributed by atoms with Gasteiger partial charge in [0.15, 0.2) is 0 Å². The van der Waals surface area contributed by atoms with E-state index < -0.39 is 0 Å². The van der Waals surface area contributed by atoms with E-state index in [1.165, 1.54) is 31.0 Å². The third-order valence-corrected chi connectivity index (χ3v) is 5.71. The predicted octanol–water partition coefficient (Wildman–Crippen LogP) is 3.50. The third-order valence-electron chi connectivity index (χ3n) is 4.89. The summed E-state index contributed by atoms with van der Waals surface area (Å²) in [5.74, 6) is 2.80. The lowest BCUT2D eigenvalue weighted by molar-refractivity contribution is -0.130. The van der Waals surface area contributed by atoms with Crippen LogP contribution in [0.4, 0.5) is 0 Å². The molecule has 5 nitrogen and oxygen atoms in total. The lowest BCUT2D eigenvalue weighted by atomic mass is 10.0. The van der Waals surface area contributed by atoms with Crippen LogP contribution >= 0.6 is 11.8 Å². The van der Waals surface area contributed by atoms with Crippen LogP contribution in [-0.4, -0.2) is 44.4 Å². The fraction of sp³-hybridized carbons (Fsp3) is 0.526. The van der Waals surface area contributed by atoms with E-state index in [0.717, 1.165) is 31.0 Å². The van der Waals surface area contributed by atoms with E-state index in [1.807, 2.05) is 27.8 Å². The number of thioether (sulfide) groups is 1. The maximum atomic E-state index is 12.5. The maximum absolute atomic E-state index is 12.5. The van der Waals surface area contributed by atoms with Gasteiger partial charge in [0, 0.05) is 19.0 Å². The number of carbonyl (C=O) groups is 1. The number of hydrogen-bond donors (Lipinski definition) is 0. The first-order chi connectivity index (χ1) is 12.2. The van der Waals surface area contributed by atoms with Crippen molar-refractivity contribution in [1.29, 1.82) is 0 Å². The Morgan fingerprint density at radius 1 is 1.24 bits per heavy atom. The Kier molecular flexibility index (Phi) is 4.79. The van der Waals surface area contributed by atoms with Gasteiger partial charge in [0.25, 0.3) is 0 Å². The number of benzene rings is 1. The summed E-state index contributed by atoms with van der Waals surface area (Å²) in [5, 5.41) is 5.38. The molecule has 0 bridgehead atoms. The van der Waals surface area contributed by atoms with Gasteiger partial charge < -0.3 is 4.90 Å². The second kappa shape index (κ2) is 7.20. The number of piperidine rings is 1. The highest BCUT2D eigenvalue weighted by Crippen LogP contribution is 2.40. The van der Waals surface area contributed by atoms with Gasteiger partial charge in [-0.25, -0.2) is 9.67 Å². The van der Waals surface area contributed by atoms with Gasteiger partial charge in [-0.2, -0.15) is 0 Å². The highest BCUT2D eigenvalue weighted by Gasteiger charge is 2.30. The summed E-state index contributed by atoms with van der Waals surface area (Å²) in [4.78, 5) is 19.2. The minimum Gasteiger partial charge on any atom is -0.342 e. The van der Waals surface area contributed by atoms with Crippen molar-refractivity contribution in [3.05, 3.63) is 36.2 Å². The molecular weight excluding hydrogens is 332 g/mol. The van der Waals surface area contributed by atoms with Crippen molar-refractivity contribution < 1.29 is 4.79 Å². The Morgan fingerprint density at radius 3 is 2.76 bits per heavy atom. The molecule has 132 valence electrons. The van der Waals surface area contributed by atoms with Crippen molar-refractivity contribution in [1.82, 2.24) is 19.7 Å². The van der Waals surface area contributed by atoms with Crippen molar-refractivity contribution in [2.24, 2.45) is 5.92 Å². The van der Waals surface area contributed by atoms with Crippen LogP contribution in [-0.2, 0) is 4.79 Å². The molecule has 6 heteroatoms. The minimum absolute atomic E-state index is 0.209. The van der Waals surface area contributed by atoms with Crippen molar-refractivity contribution in [2.45, 2.75) is 43.7 Å². The second-order valence-electron chi connectivity index (χ2n) is 7.15. The first-order valence-electron chi connectivity index (χ1n) is 9.13. The highest BCUT2D eigenvalue weighted by molar-refractivity contribution is 7.99. The molecule has 2 aliphatic rings. The molecule has 0 N–H and O–H groups in total. The fourth-order valence-corrected chi connectivity index (χ4v) is 4.10. The summed E-state index contributed by atoms with van der Waals surface area (Å²) in [7, 11) is 0. The van der Waals surface area contributed by atoms with Gasteiger partial charge in [-0.3, -0.25) is 4.79 Å². The lowest BCUT2D eigenvalue weighted by Crippen LogP contribution is -2.40. The zero-order chi connectivity index (χ0) is 17.2. The Bertz CT molecular complexity index is 741. The molecule has 1 saturated heterocycles. The van der Waals surface area contributed by atoms with E-state index in [0.29, 0.717) is 22.7 Å². The van der Waals surface area contributed by atoms with Gasteiger partial charge in [-0.15, -0.1) is 5.10 Å². The first-order valence-corrected chi connectivity index (χ1v) is 10.1. The number of rotatable bonds is 5. The van der Waals surface area contributed by atoms with Crippen LogP contribution in [0, 0.1) is 5.92 Å². The molecule has 1 saturated carbocycles. The van der Waals surface area contributed by atoms with E-state index in [-0.39, 0.29) is 5.91 Å². The maximum Gasteiger partial charge on any atom is 0.233 e. The normalized spacial score (nSPS) is 20.7. The molecular formula is C19H24N4OS. The topological polar surface area (TPSA) is 51.0 Å². The lowest BCUT2D eigenvalue weighted by Gasteiger charge is -2.30. The van der Waals surface area contributed by atoms with Crippen molar-refractivity contribution in [3.63, 3.8) is 0 Å².